The number of ether oxygens (including phenoxy) is 1. The Balaban J connectivity index is 1.46. The highest BCUT2D eigenvalue weighted by Crippen LogP contribution is 2.31. The molecule has 4 aromatic rings. The van der Waals surface area contributed by atoms with Crippen LogP contribution in [-0.2, 0) is 0 Å². The summed E-state index contributed by atoms with van der Waals surface area (Å²) in [5.74, 6) is 0.174. The van der Waals surface area contributed by atoms with E-state index in [0.717, 1.165) is 6.33 Å². The highest BCUT2D eigenvalue weighted by molar-refractivity contribution is 5.95. The molecule has 13 nitrogen and oxygen atoms in total. The fourth-order valence-corrected chi connectivity index (χ4v) is 3.02. The normalized spacial score (nSPS) is 10.2. The summed E-state index contributed by atoms with van der Waals surface area (Å²) in [5.41, 5.74) is 4.60. The fraction of sp³-hybridized carbons (Fsp3) is 0. The van der Waals surface area contributed by atoms with E-state index in [-0.39, 0.29) is 22.9 Å². The number of hydrazine groups is 1. The van der Waals surface area contributed by atoms with E-state index in [4.69, 9.17) is 4.74 Å². The number of carbonyl (C=O) groups is 1. The Morgan fingerprint density at radius 3 is 2.06 bits per heavy atom. The van der Waals surface area contributed by atoms with Crippen LogP contribution in [0.4, 0.5) is 28.7 Å². The SMILES string of the molecule is O=C(NNc1ncnc(Nc2ccc(Oc3ccccc3)cc2)c1[N+](=O)[O-])c1ccc([N+](=O)[O-])cc1. The van der Waals surface area contributed by atoms with Gasteiger partial charge in [0.1, 0.15) is 17.8 Å². The maximum Gasteiger partial charge on any atom is 0.355 e. The van der Waals surface area contributed by atoms with Crippen molar-refractivity contribution in [3.8, 4) is 11.5 Å². The first-order chi connectivity index (χ1) is 17.4. The van der Waals surface area contributed by atoms with E-state index in [1.807, 2.05) is 30.3 Å². The van der Waals surface area contributed by atoms with Crippen LogP contribution in [0.2, 0.25) is 0 Å². The van der Waals surface area contributed by atoms with E-state index in [1.165, 1.54) is 24.3 Å². The number of amides is 1. The first-order valence-electron chi connectivity index (χ1n) is 10.3. The third-order valence-electron chi connectivity index (χ3n) is 4.74. The molecule has 0 bridgehead atoms. The second-order valence-corrected chi connectivity index (χ2v) is 7.12. The van der Waals surface area contributed by atoms with Crippen LogP contribution < -0.4 is 20.9 Å². The van der Waals surface area contributed by atoms with Gasteiger partial charge in [-0.2, -0.15) is 0 Å². The molecule has 1 heterocycles. The molecule has 36 heavy (non-hydrogen) atoms. The van der Waals surface area contributed by atoms with Crippen molar-refractivity contribution >= 4 is 34.6 Å². The zero-order chi connectivity index (χ0) is 25.5. The van der Waals surface area contributed by atoms with Crippen LogP contribution in [0.1, 0.15) is 10.4 Å². The molecule has 4 rings (SSSR count). The topological polar surface area (TPSA) is 174 Å². The number of nitrogens with one attached hydrogen (secondary N) is 3. The van der Waals surface area contributed by atoms with E-state index < -0.39 is 21.4 Å². The second-order valence-electron chi connectivity index (χ2n) is 7.12. The van der Waals surface area contributed by atoms with Crippen LogP contribution in [-0.4, -0.2) is 25.7 Å². The number of anilines is 3. The van der Waals surface area contributed by atoms with Gasteiger partial charge in [-0.15, -0.1) is 0 Å². The summed E-state index contributed by atoms with van der Waals surface area (Å²) >= 11 is 0. The summed E-state index contributed by atoms with van der Waals surface area (Å²) in [6, 6.07) is 20.7. The van der Waals surface area contributed by atoms with Crippen LogP contribution in [0, 0.1) is 20.2 Å². The number of hydrogen-bond acceptors (Lipinski definition) is 10. The Labute approximate surface area is 203 Å². The smallest absolute Gasteiger partial charge is 0.355 e. The summed E-state index contributed by atoms with van der Waals surface area (Å²) < 4.78 is 5.73. The monoisotopic (exact) mass is 487 g/mol. The molecule has 1 amide bonds. The first-order valence-corrected chi connectivity index (χ1v) is 10.3. The van der Waals surface area contributed by atoms with Gasteiger partial charge in [0.15, 0.2) is 0 Å². The number of nitro groups is 2. The highest BCUT2D eigenvalue weighted by Gasteiger charge is 2.24. The Morgan fingerprint density at radius 2 is 1.42 bits per heavy atom. The Morgan fingerprint density at radius 1 is 0.778 bits per heavy atom. The van der Waals surface area contributed by atoms with Crippen molar-refractivity contribution in [3.05, 3.63) is 111 Å². The number of carbonyl (C=O) groups excluding carboxylic acids is 1. The van der Waals surface area contributed by atoms with Crippen molar-refractivity contribution < 1.29 is 19.4 Å². The highest BCUT2D eigenvalue weighted by atomic mass is 16.6. The average Bonchev–Trinajstić information content (AvgIpc) is 2.89. The van der Waals surface area contributed by atoms with Gasteiger partial charge in [0.2, 0.25) is 11.6 Å². The molecule has 0 aliphatic heterocycles. The van der Waals surface area contributed by atoms with Crippen molar-refractivity contribution in [2.45, 2.75) is 0 Å². The molecule has 180 valence electrons. The molecule has 0 saturated heterocycles. The van der Waals surface area contributed by atoms with Crippen LogP contribution in [0.15, 0.2) is 85.2 Å². The van der Waals surface area contributed by atoms with E-state index in [0.29, 0.717) is 17.2 Å². The number of benzene rings is 3. The quantitative estimate of drug-likeness (QED) is 0.224. The van der Waals surface area contributed by atoms with Gasteiger partial charge in [0, 0.05) is 23.4 Å². The minimum absolute atomic E-state index is 0.0981. The van der Waals surface area contributed by atoms with Gasteiger partial charge in [-0.3, -0.25) is 35.9 Å². The van der Waals surface area contributed by atoms with Crippen molar-refractivity contribution in [1.82, 2.24) is 15.4 Å². The van der Waals surface area contributed by atoms with Crippen LogP contribution in [0.5, 0.6) is 11.5 Å². The molecular formula is C23H17N7O6. The number of rotatable bonds is 9. The summed E-state index contributed by atoms with van der Waals surface area (Å²) in [7, 11) is 0. The third kappa shape index (κ3) is 5.66. The molecule has 0 atom stereocenters. The number of nitrogens with zero attached hydrogens (tertiary/aromatic N) is 4. The molecule has 13 heteroatoms. The number of aromatic nitrogens is 2. The molecule has 0 aliphatic rings. The maximum atomic E-state index is 12.3. The largest absolute Gasteiger partial charge is 0.457 e. The number of hydrogen-bond donors (Lipinski definition) is 3. The van der Waals surface area contributed by atoms with Crippen LogP contribution >= 0.6 is 0 Å². The molecule has 0 aliphatic carbocycles. The van der Waals surface area contributed by atoms with Crippen molar-refractivity contribution in [2.24, 2.45) is 0 Å². The predicted octanol–water partition coefficient (Wildman–Crippen LogP) is 4.59. The average molecular weight is 487 g/mol. The van der Waals surface area contributed by atoms with Gasteiger partial charge in [0.05, 0.1) is 9.85 Å². The van der Waals surface area contributed by atoms with E-state index in [1.54, 1.807) is 24.3 Å². The van der Waals surface area contributed by atoms with E-state index in [9.17, 15) is 25.0 Å². The van der Waals surface area contributed by atoms with Gasteiger partial charge in [-0.1, -0.05) is 18.2 Å². The molecule has 0 spiro atoms. The number of nitro benzene ring substituents is 1. The van der Waals surface area contributed by atoms with Crippen molar-refractivity contribution in [1.29, 1.82) is 0 Å². The third-order valence-corrected chi connectivity index (χ3v) is 4.74. The number of para-hydroxylation sites is 1. The Kier molecular flexibility index (Phi) is 6.91. The lowest BCUT2D eigenvalue weighted by molar-refractivity contribution is -0.384. The summed E-state index contributed by atoms with van der Waals surface area (Å²) in [5, 5.41) is 25.4. The van der Waals surface area contributed by atoms with Crippen LogP contribution in [0.3, 0.4) is 0 Å². The molecule has 0 fully saturated rings. The zero-order valence-corrected chi connectivity index (χ0v) is 18.3. The Hall–Kier alpha value is -5.59. The van der Waals surface area contributed by atoms with E-state index >= 15 is 0 Å². The lowest BCUT2D eigenvalue weighted by atomic mass is 10.2. The van der Waals surface area contributed by atoms with Crippen molar-refractivity contribution in [2.75, 3.05) is 10.7 Å². The zero-order valence-electron chi connectivity index (χ0n) is 18.3. The predicted molar refractivity (Wildman–Crippen MR) is 129 cm³/mol. The minimum Gasteiger partial charge on any atom is -0.457 e. The lowest BCUT2D eigenvalue weighted by Crippen LogP contribution is -2.30. The Bertz CT molecular complexity index is 1400. The molecular weight excluding hydrogens is 470 g/mol. The molecule has 3 aromatic carbocycles. The van der Waals surface area contributed by atoms with Crippen molar-refractivity contribution in [3.63, 3.8) is 0 Å². The lowest BCUT2D eigenvalue weighted by Gasteiger charge is -2.11. The summed E-state index contributed by atoms with van der Waals surface area (Å²) in [6.45, 7) is 0. The molecule has 0 saturated carbocycles. The first kappa shape index (κ1) is 23.6. The van der Waals surface area contributed by atoms with Crippen LogP contribution in [0.25, 0.3) is 0 Å². The van der Waals surface area contributed by atoms with Gasteiger partial charge < -0.3 is 10.1 Å². The fourth-order valence-electron chi connectivity index (χ4n) is 3.02. The van der Waals surface area contributed by atoms with E-state index in [2.05, 4.69) is 26.1 Å². The molecule has 3 N–H and O–H groups in total. The van der Waals surface area contributed by atoms with Gasteiger partial charge in [0.25, 0.3) is 11.6 Å². The minimum atomic E-state index is -0.699. The van der Waals surface area contributed by atoms with Gasteiger partial charge in [-0.25, -0.2) is 9.97 Å². The maximum absolute atomic E-state index is 12.3. The van der Waals surface area contributed by atoms with Gasteiger partial charge in [-0.05, 0) is 48.5 Å². The molecule has 0 radical (unpaired) electrons. The number of non-ortho nitro benzene ring substituents is 1. The summed E-state index contributed by atoms with van der Waals surface area (Å²) in [6.07, 6.45) is 1.09. The second kappa shape index (κ2) is 10.6. The standard InChI is InChI=1S/C23H17N7O6/c31-23(15-6-10-17(11-7-15)29(32)33)28-27-22-20(30(34)35)21(24-14-25-22)26-16-8-12-19(13-9-16)36-18-4-2-1-3-5-18/h1-14H,(H,28,31)(H2,24,25,26,27). The molecule has 1 aromatic heterocycles. The summed E-state index contributed by atoms with van der Waals surface area (Å²) in [4.78, 5) is 41.3. The van der Waals surface area contributed by atoms with Gasteiger partial charge >= 0.3 is 5.69 Å². The molecule has 0 unspecified atom stereocenters.